The SMILES string of the molecule is c1csc(CNCCN2CCCCCC2)n1. The topological polar surface area (TPSA) is 28.2 Å². The van der Waals surface area contributed by atoms with Crippen LogP contribution in [0.1, 0.15) is 30.7 Å². The molecule has 90 valence electrons. The third-order valence-electron chi connectivity index (χ3n) is 3.06. The van der Waals surface area contributed by atoms with Gasteiger partial charge in [0.05, 0.1) is 0 Å². The van der Waals surface area contributed by atoms with Crippen LogP contribution < -0.4 is 5.32 Å². The zero-order chi connectivity index (χ0) is 11.1. The molecule has 1 aromatic heterocycles. The van der Waals surface area contributed by atoms with Crippen LogP contribution in [0.5, 0.6) is 0 Å². The summed E-state index contributed by atoms with van der Waals surface area (Å²) in [5.41, 5.74) is 0. The Balaban J connectivity index is 1.56. The van der Waals surface area contributed by atoms with Crippen LogP contribution >= 0.6 is 11.3 Å². The van der Waals surface area contributed by atoms with E-state index in [1.54, 1.807) is 11.3 Å². The number of hydrogen-bond donors (Lipinski definition) is 1. The standard InChI is InChI=1S/C12H21N3S/c1-2-4-8-15(7-3-1)9-5-13-11-12-14-6-10-16-12/h6,10,13H,1-5,7-9,11H2. The van der Waals surface area contributed by atoms with Crippen LogP contribution in [-0.2, 0) is 6.54 Å². The zero-order valence-electron chi connectivity index (χ0n) is 9.82. The van der Waals surface area contributed by atoms with E-state index in [2.05, 4.69) is 15.2 Å². The molecule has 0 aromatic carbocycles. The number of likely N-dealkylation sites (tertiary alicyclic amines) is 1. The first-order valence-corrected chi connectivity index (χ1v) is 7.14. The molecule has 1 saturated heterocycles. The van der Waals surface area contributed by atoms with E-state index < -0.39 is 0 Å². The summed E-state index contributed by atoms with van der Waals surface area (Å²) in [5.74, 6) is 0. The molecule has 1 fully saturated rings. The van der Waals surface area contributed by atoms with Crippen molar-refractivity contribution in [2.45, 2.75) is 32.2 Å². The molecule has 1 aliphatic heterocycles. The largest absolute Gasteiger partial charge is 0.309 e. The summed E-state index contributed by atoms with van der Waals surface area (Å²) in [6, 6.07) is 0. The van der Waals surface area contributed by atoms with Crippen LogP contribution in [0.25, 0.3) is 0 Å². The first kappa shape index (κ1) is 12.0. The van der Waals surface area contributed by atoms with Crippen molar-refractivity contribution in [3.05, 3.63) is 16.6 Å². The van der Waals surface area contributed by atoms with Gasteiger partial charge in [0.2, 0.25) is 0 Å². The van der Waals surface area contributed by atoms with Gasteiger partial charge in [-0.15, -0.1) is 11.3 Å². The Kier molecular flexibility index (Phi) is 5.25. The van der Waals surface area contributed by atoms with Gasteiger partial charge < -0.3 is 10.2 Å². The quantitative estimate of drug-likeness (QED) is 0.798. The minimum absolute atomic E-state index is 0.922. The highest BCUT2D eigenvalue weighted by Crippen LogP contribution is 2.08. The molecular weight excluding hydrogens is 218 g/mol. The van der Waals surface area contributed by atoms with Gasteiger partial charge >= 0.3 is 0 Å². The molecule has 0 amide bonds. The van der Waals surface area contributed by atoms with Crippen molar-refractivity contribution in [3.63, 3.8) is 0 Å². The molecule has 2 heterocycles. The Hall–Kier alpha value is -0.450. The molecule has 4 heteroatoms. The summed E-state index contributed by atoms with van der Waals surface area (Å²) < 4.78 is 0. The molecule has 3 nitrogen and oxygen atoms in total. The Morgan fingerprint density at radius 2 is 2.06 bits per heavy atom. The molecule has 1 N–H and O–H groups in total. The van der Waals surface area contributed by atoms with Gasteiger partial charge in [-0.1, -0.05) is 12.8 Å². The second-order valence-corrected chi connectivity index (χ2v) is 5.34. The number of thiazole rings is 1. The van der Waals surface area contributed by atoms with Crippen LogP contribution in [-0.4, -0.2) is 36.1 Å². The first-order chi connectivity index (χ1) is 7.95. The summed E-state index contributed by atoms with van der Waals surface area (Å²) in [5, 5.41) is 6.69. The van der Waals surface area contributed by atoms with Crippen molar-refractivity contribution < 1.29 is 0 Å². The van der Waals surface area contributed by atoms with Crippen molar-refractivity contribution in [3.8, 4) is 0 Å². The summed E-state index contributed by atoms with van der Waals surface area (Å²) in [6.45, 7) is 5.77. The molecule has 0 unspecified atom stereocenters. The third-order valence-corrected chi connectivity index (χ3v) is 3.84. The van der Waals surface area contributed by atoms with E-state index in [4.69, 9.17) is 0 Å². The van der Waals surface area contributed by atoms with E-state index in [0.29, 0.717) is 0 Å². The van der Waals surface area contributed by atoms with Gasteiger partial charge in [-0.25, -0.2) is 4.98 Å². The number of nitrogens with zero attached hydrogens (tertiary/aromatic N) is 2. The van der Waals surface area contributed by atoms with E-state index in [0.717, 1.165) is 13.1 Å². The highest BCUT2D eigenvalue weighted by atomic mass is 32.1. The fourth-order valence-electron chi connectivity index (χ4n) is 2.13. The smallest absolute Gasteiger partial charge is 0.106 e. The summed E-state index contributed by atoms with van der Waals surface area (Å²) in [7, 11) is 0. The lowest BCUT2D eigenvalue weighted by atomic mass is 10.2. The Morgan fingerprint density at radius 3 is 2.75 bits per heavy atom. The maximum Gasteiger partial charge on any atom is 0.106 e. The Labute approximate surface area is 102 Å². The van der Waals surface area contributed by atoms with Gasteiger partial charge in [0, 0.05) is 31.2 Å². The maximum atomic E-state index is 4.26. The monoisotopic (exact) mass is 239 g/mol. The average Bonchev–Trinajstić information content (AvgIpc) is 2.68. The second-order valence-electron chi connectivity index (χ2n) is 4.36. The summed E-state index contributed by atoms with van der Waals surface area (Å²) in [6.07, 6.45) is 7.47. The lowest BCUT2D eigenvalue weighted by molar-refractivity contribution is 0.284. The van der Waals surface area contributed by atoms with Crippen molar-refractivity contribution >= 4 is 11.3 Å². The van der Waals surface area contributed by atoms with E-state index >= 15 is 0 Å². The number of aromatic nitrogens is 1. The number of hydrogen-bond acceptors (Lipinski definition) is 4. The van der Waals surface area contributed by atoms with Crippen LogP contribution in [0, 0.1) is 0 Å². The van der Waals surface area contributed by atoms with Crippen molar-refractivity contribution in [1.29, 1.82) is 0 Å². The molecule has 0 bridgehead atoms. The van der Waals surface area contributed by atoms with Gasteiger partial charge in [-0.3, -0.25) is 0 Å². The summed E-state index contributed by atoms with van der Waals surface area (Å²) in [4.78, 5) is 6.84. The lowest BCUT2D eigenvalue weighted by Crippen LogP contribution is -2.32. The highest BCUT2D eigenvalue weighted by Gasteiger charge is 2.07. The van der Waals surface area contributed by atoms with Crippen LogP contribution in [0.4, 0.5) is 0 Å². The number of rotatable bonds is 5. The zero-order valence-corrected chi connectivity index (χ0v) is 10.6. The minimum Gasteiger partial charge on any atom is -0.309 e. The second kappa shape index (κ2) is 6.99. The fourth-order valence-corrected chi connectivity index (χ4v) is 2.72. The van der Waals surface area contributed by atoms with Gasteiger partial charge in [0.15, 0.2) is 0 Å². The molecule has 16 heavy (non-hydrogen) atoms. The maximum absolute atomic E-state index is 4.26. The molecule has 0 radical (unpaired) electrons. The molecule has 0 saturated carbocycles. The Morgan fingerprint density at radius 1 is 1.25 bits per heavy atom. The lowest BCUT2D eigenvalue weighted by Gasteiger charge is -2.19. The average molecular weight is 239 g/mol. The molecule has 0 spiro atoms. The normalized spacial score (nSPS) is 18.5. The number of nitrogens with one attached hydrogen (secondary N) is 1. The van der Waals surface area contributed by atoms with Crippen molar-refractivity contribution in [2.75, 3.05) is 26.2 Å². The minimum atomic E-state index is 0.922. The highest BCUT2D eigenvalue weighted by molar-refractivity contribution is 7.09. The van der Waals surface area contributed by atoms with Gasteiger partial charge in [0.25, 0.3) is 0 Å². The fraction of sp³-hybridized carbons (Fsp3) is 0.750. The van der Waals surface area contributed by atoms with Crippen LogP contribution in [0.15, 0.2) is 11.6 Å². The predicted octanol–water partition coefficient (Wildman–Crippen LogP) is 2.11. The predicted molar refractivity (Wildman–Crippen MR) is 68.7 cm³/mol. The van der Waals surface area contributed by atoms with Gasteiger partial charge in [0.1, 0.15) is 5.01 Å². The molecule has 1 aliphatic rings. The Bertz CT molecular complexity index is 266. The summed E-state index contributed by atoms with van der Waals surface area (Å²) >= 11 is 1.73. The van der Waals surface area contributed by atoms with E-state index in [9.17, 15) is 0 Å². The van der Waals surface area contributed by atoms with E-state index in [-0.39, 0.29) is 0 Å². The van der Waals surface area contributed by atoms with E-state index in [1.807, 2.05) is 11.6 Å². The van der Waals surface area contributed by atoms with Crippen LogP contribution in [0.2, 0.25) is 0 Å². The third kappa shape index (κ3) is 4.20. The van der Waals surface area contributed by atoms with Crippen molar-refractivity contribution in [2.24, 2.45) is 0 Å². The molecule has 2 rings (SSSR count). The molecule has 1 aromatic rings. The van der Waals surface area contributed by atoms with Crippen LogP contribution in [0.3, 0.4) is 0 Å². The van der Waals surface area contributed by atoms with Crippen molar-refractivity contribution in [1.82, 2.24) is 15.2 Å². The molecule has 0 atom stereocenters. The van der Waals surface area contributed by atoms with E-state index in [1.165, 1.54) is 50.3 Å². The van der Waals surface area contributed by atoms with Gasteiger partial charge in [-0.05, 0) is 25.9 Å². The molecule has 0 aliphatic carbocycles. The first-order valence-electron chi connectivity index (χ1n) is 6.26. The molecular formula is C12H21N3S. The van der Waals surface area contributed by atoms with Gasteiger partial charge in [-0.2, -0.15) is 0 Å².